The number of carbonyl (C=O) groups excluding carboxylic acids is 1. The van der Waals surface area contributed by atoms with Crippen molar-refractivity contribution in [3.8, 4) is 21.8 Å². The molecule has 0 radical (unpaired) electrons. The zero-order valence-corrected chi connectivity index (χ0v) is 15.7. The van der Waals surface area contributed by atoms with E-state index >= 15 is 0 Å². The Hall–Kier alpha value is -1.50. The van der Waals surface area contributed by atoms with E-state index in [0.29, 0.717) is 10.6 Å². The number of carbonyl (C=O) groups is 1. The fraction of sp³-hybridized carbons (Fsp3) is 0.0588. The SMILES string of the molecule is O=C([O-])Cc1sc(-c2ccc(Br)cc2)nc1-c1ccc(Br)cc1. The largest absolute Gasteiger partial charge is 0.550 e. The first-order valence-electron chi connectivity index (χ1n) is 6.74. The highest BCUT2D eigenvalue weighted by molar-refractivity contribution is 9.10. The number of rotatable bonds is 4. The van der Waals surface area contributed by atoms with Gasteiger partial charge in [0.15, 0.2) is 0 Å². The Balaban J connectivity index is 2.08. The van der Waals surface area contributed by atoms with Crippen LogP contribution in [0.1, 0.15) is 4.88 Å². The Labute approximate surface area is 154 Å². The number of halogens is 2. The highest BCUT2D eigenvalue weighted by Crippen LogP contribution is 2.35. The fourth-order valence-electron chi connectivity index (χ4n) is 2.15. The Kier molecular flexibility index (Phi) is 4.94. The summed E-state index contributed by atoms with van der Waals surface area (Å²) in [5.41, 5.74) is 2.55. The molecule has 3 aromatic rings. The van der Waals surface area contributed by atoms with Gasteiger partial charge in [0.05, 0.1) is 5.69 Å². The van der Waals surface area contributed by atoms with Crippen molar-refractivity contribution in [2.75, 3.05) is 0 Å². The molecule has 1 aromatic heterocycles. The van der Waals surface area contributed by atoms with Gasteiger partial charge in [0.1, 0.15) is 5.01 Å². The number of benzene rings is 2. The molecule has 0 bridgehead atoms. The summed E-state index contributed by atoms with van der Waals surface area (Å²) in [4.78, 5) is 16.4. The van der Waals surface area contributed by atoms with Gasteiger partial charge in [0.25, 0.3) is 0 Å². The van der Waals surface area contributed by atoms with E-state index in [2.05, 4.69) is 36.8 Å². The van der Waals surface area contributed by atoms with Crippen LogP contribution in [-0.4, -0.2) is 11.0 Å². The molecule has 6 heteroatoms. The molecule has 0 aliphatic carbocycles. The Bertz CT molecular complexity index is 842. The molecule has 23 heavy (non-hydrogen) atoms. The van der Waals surface area contributed by atoms with Crippen LogP contribution in [0.4, 0.5) is 0 Å². The van der Waals surface area contributed by atoms with Crippen LogP contribution in [0.5, 0.6) is 0 Å². The molecule has 0 fully saturated rings. The second kappa shape index (κ2) is 6.95. The normalized spacial score (nSPS) is 10.7. The lowest BCUT2D eigenvalue weighted by Crippen LogP contribution is -2.24. The van der Waals surface area contributed by atoms with Crippen molar-refractivity contribution < 1.29 is 9.90 Å². The third kappa shape index (κ3) is 3.88. The lowest BCUT2D eigenvalue weighted by Gasteiger charge is -2.03. The quantitative estimate of drug-likeness (QED) is 0.594. The summed E-state index contributed by atoms with van der Waals surface area (Å²) in [6.07, 6.45) is -0.139. The number of thiazole rings is 1. The van der Waals surface area contributed by atoms with E-state index < -0.39 is 5.97 Å². The van der Waals surface area contributed by atoms with Gasteiger partial charge in [-0.05, 0) is 24.3 Å². The molecule has 2 aromatic carbocycles. The number of carboxylic acid groups (broad SMARTS) is 1. The van der Waals surface area contributed by atoms with E-state index in [-0.39, 0.29) is 6.42 Å². The minimum atomic E-state index is -1.10. The third-order valence-corrected chi connectivity index (χ3v) is 5.37. The maximum Gasteiger partial charge on any atom is 0.124 e. The smallest absolute Gasteiger partial charge is 0.124 e. The van der Waals surface area contributed by atoms with Gasteiger partial charge >= 0.3 is 0 Å². The number of hydrogen-bond donors (Lipinski definition) is 0. The molecule has 3 rings (SSSR count). The molecule has 0 spiro atoms. The molecule has 116 valence electrons. The van der Waals surface area contributed by atoms with Crippen molar-refractivity contribution in [1.82, 2.24) is 4.98 Å². The summed E-state index contributed by atoms with van der Waals surface area (Å²) in [6.45, 7) is 0. The minimum Gasteiger partial charge on any atom is -0.550 e. The summed E-state index contributed by atoms with van der Waals surface area (Å²) in [6, 6.07) is 15.5. The van der Waals surface area contributed by atoms with E-state index in [4.69, 9.17) is 0 Å². The van der Waals surface area contributed by atoms with Crippen LogP contribution < -0.4 is 5.11 Å². The van der Waals surface area contributed by atoms with Gasteiger partial charge in [0, 0.05) is 37.3 Å². The topological polar surface area (TPSA) is 53.0 Å². The molecule has 0 atom stereocenters. The van der Waals surface area contributed by atoms with Gasteiger partial charge in [0.2, 0.25) is 0 Å². The van der Waals surface area contributed by atoms with Crippen LogP contribution in [0.2, 0.25) is 0 Å². The summed E-state index contributed by atoms with van der Waals surface area (Å²) < 4.78 is 1.95. The number of nitrogens with zero attached hydrogens (tertiary/aromatic N) is 1. The first-order valence-corrected chi connectivity index (χ1v) is 9.14. The van der Waals surface area contributed by atoms with Gasteiger partial charge < -0.3 is 9.90 Å². The molecule has 0 saturated heterocycles. The average Bonchev–Trinajstić information content (AvgIpc) is 2.92. The lowest BCUT2D eigenvalue weighted by molar-refractivity contribution is -0.304. The first kappa shape index (κ1) is 16.4. The van der Waals surface area contributed by atoms with Crippen LogP contribution in [0.25, 0.3) is 21.8 Å². The van der Waals surface area contributed by atoms with Gasteiger partial charge in [-0.2, -0.15) is 0 Å². The first-order chi connectivity index (χ1) is 11.0. The zero-order valence-electron chi connectivity index (χ0n) is 11.8. The maximum atomic E-state index is 11.1. The van der Waals surface area contributed by atoms with Gasteiger partial charge in [-0.1, -0.05) is 56.1 Å². The Morgan fingerprint density at radius 2 is 1.48 bits per heavy atom. The van der Waals surface area contributed by atoms with Crippen LogP contribution in [0, 0.1) is 0 Å². The predicted molar refractivity (Wildman–Crippen MR) is 97.1 cm³/mol. The average molecular weight is 452 g/mol. The van der Waals surface area contributed by atoms with E-state index in [9.17, 15) is 9.90 Å². The Morgan fingerprint density at radius 1 is 0.957 bits per heavy atom. The predicted octanol–water partition coefficient (Wildman–Crippen LogP) is 4.29. The summed E-state index contributed by atoms with van der Waals surface area (Å²) in [5.74, 6) is -1.10. The summed E-state index contributed by atoms with van der Waals surface area (Å²) >= 11 is 8.19. The standard InChI is InChI=1S/C17H11Br2NO2S/c18-12-5-1-10(2-6-12)16-14(9-15(21)22)23-17(20-16)11-3-7-13(19)8-4-11/h1-8H,9H2,(H,21,22)/p-1. The number of aromatic nitrogens is 1. The highest BCUT2D eigenvalue weighted by atomic mass is 79.9. The van der Waals surface area contributed by atoms with Crippen molar-refractivity contribution in [3.63, 3.8) is 0 Å². The van der Waals surface area contributed by atoms with Crippen LogP contribution in [0.3, 0.4) is 0 Å². The summed E-state index contributed by atoms with van der Waals surface area (Å²) in [5, 5.41) is 11.8. The van der Waals surface area contributed by atoms with Crippen LogP contribution in [-0.2, 0) is 11.2 Å². The lowest BCUT2D eigenvalue weighted by atomic mass is 10.1. The molecule has 0 aliphatic rings. The van der Waals surface area contributed by atoms with Crippen molar-refractivity contribution in [1.29, 1.82) is 0 Å². The number of hydrogen-bond acceptors (Lipinski definition) is 4. The van der Waals surface area contributed by atoms with E-state index in [0.717, 1.165) is 25.1 Å². The van der Waals surface area contributed by atoms with E-state index in [1.165, 1.54) is 11.3 Å². The molecular weight excluding hydrogens is 442 g/mol. The molecule has 0 unspecified atom stereocenters. The minimum absolute atomic E-state index is 0.139. The van der Waals surface area contributed by atoms with Crippen molar-refractivity contribution >= 4 is 49.2 Å². The maximum absolute atomic E-state index is 11.1. The molecule has 0 amide bonds. The molecule has 0 N–H and O–H groups in total. The van der Waals surface area contributed by atoms with Crippen molar-refractivity contribution in [3.05, 3.63) is 62.4 Å². The van der Waals surface area contributed by atoms with Crippen molar-refractivity contribution in [2.24, 2.45) is 0 Å². The molecule has 0 saturated carbocycles. The Morgan fingerprint density at radius 3 is 2.00 bits per heavy atom. The number of carboxylic acids is 1. The van der Waals surface area contributed by atoms with E-state index in [1.807, 2.05) is 48.5 Å². The molecular formula is C17H10Br2NO2S-. The second-order valence-electron chi connectivity index (χ2n) is 4.85. The fourth-order valence-corrected chi connectivity index (χ4v) is 3.76. The monoisotopic (exact) mass is 450 g/mol. The number of aliphatic carboxylic acids is 1. The second-order valence-corrected chi connectivity index (χ2v) is 7.77. The van der Waals surface area contributed by atoms with Crippen molar-refractivity contribution in [2.45, 2.75) is 6.42 Å². The van der Waals surface area contributed by atoms with E-state index in [1.54, 1.807) is 0 Å². The van der Waals surface area contributed by atoms with Crippen LogP contribution in [0.15, 0.2) is 57.5 Å². The molecule has 3 nitrogen and oxygen atoms in total. The van der Waals surface area contributed by atoms with Gasteiger partial charge in [-0.15, -0.1) is 11.3 Å². The summed E-state index contributed by atoms with van der Waals surface area (Å²) in [7, 11) is 0. The molecule has 0 aliphatic heterocycles. The third-order valence-electron chi connectivity index (χ3n) is 3.21. The van der Waals surface area contributed by atoms with Crippen LogP contribution >= 0.6 is 43.2 Å². The van der Waals surface area contributed by atoms with Gasteiger partial charge in [-0.3, -0.25) is 0 Å². The zero-order chi connectivity index (χ0) is 16.4. The van der Waals surface area contributed by atoms with Gasteiger partial charge in [-0.25, -0.2) is 4.98 Å². The highest BCUT2D eigenvalue weighted by Gasteiger charge is 2.14. The molecule has 1 heterocycles.